The number of guanidine groups is 1. The summed E-state index contributed by atoms with van der Waals surface area (Å²) in [6.07, 6.45) is -1.63. The number of amides is 2. The van der Waals surface area contributed by atoms with Gasteiger partial charge >= 0.3 is 19.3 Å². The Hall–Kier alpha value is -4.45. The minimum atomic E-state index is -1.57. The standard InChI is InChI=1S/C35H43BN4O6/c1-34(2,3)45-32(41)38-31(37)40(33(42)46-35(4,5)6)22-29-26-17-11-9-15-24(26)28(25-16-10-12-18-27(25)29)21-39(7)20-23-14-8-13-19-30(23)36(43)44/h8-19,43-44H,20-22H2,1-7H3,(H2,37,38,41). The van der Waals surface area contributed by atoms with Crippen LogP contribution in [0.2, 0.25) is 0 Å². The van der Waals surface area contributed by atoms with Crippen molar-refractivity contribution in [2.45, 2.75) is 72.4 Å². The van der Waals surface area contributed by atoms with E-state index in [-0.39, 0.29) is 6.54 Å². The first kappa shape index (κ1) is 34.4. The molecule has 4 N–H and O–H groups in total. The molecule has 0 spiro atoms. The molecule has 10 nitrogen and oxygen atoms in total. The normalized spacial score (nSPS) is 11.9. The molecule has 0 saturated heterocycles. The maximum atomic E-state index is 13.5. The van der Waals surface area contributed by atoms with Gasteiger partial charge in [0, 0.05) is 13.1 Å². The molecule has 0 aliphatic heterocycles. The molecule has 0 radical (unpaired) electrons. The summed E-state index contributed by atoms with van der Waals surface area (Å²) in [7, 11) is 0.410. The van der Waals surface area contributed by atoms with Crippen molar-refractivity contribution in [3.8, 4) is 0 Å². The van der Waals surface area contributed by atoms with Crippen LogP contribution in [0, 0.1) is 5.41 Å². The molecular formula is C35H43BN4O6. The molecule has 2 amide bonds. The first-order valence-electron chi connectivity index (χ1n) is 15.2. The Balaban J connectivity index is 1.78. The van der Waals surface area contributed by atoms with Crippen LogP contribution >= 0.6 is 0 Å². The highest BCUT2D eigenvalue weighted by Gasteiger charge is 2.29. The lowest BCUT2D eigenvalue weighted by atomic mass is 9.77. The van der Waals surface area contributed by atoms with Crippen molar-refractivity contribution in [2.24, 2.45) is 0 Å². The molecule has 0 aliphatic rings. The maximum absolute atomic E-state index is 13.5. The van der Waals surface area contributed by atoms with Crippen LogP contribution < -0.4 is 10.8 Å². The summed E-state index contributed by atoms with van der Waals surface area (Å²) in [5.74, 6) is -0.467. The Morgan fingerprint density at radius 3 is 1.67 bits per heavy atom. The predicted octanol–water partition coefficient (Wildman–Crippen LogP) is 5.50. The summed E-state index contributed by atoms with van der Waals surface area (Å²) in [6.45, 7) is 11.3. The highest BCUT2D eigenvalue weighted by Crippen LogP contribution is 2.35. The molecule has 0 atom stereocenters. The molecule has 46 heavy (non-hydrogen) atoms. The number of alkyl carbamates (subject to hydrolysis) is 1. The van der Waals surface area contributed by atoms with E-state index in [9.17, 15) is 19.6 Å². The van der Waals surface area contributed by atoms with Gasteiger partial charge in [0.2, 0.25) is 5.96 Å². The molecule has 0 aliphatic carbocycles. The fourth-order valence-electron chi connectivity index (χ4n) is 5.37. The predicted molar refractivity (Wildman–Crippen MR) is 182 cm³/mol. The first-order chi connectivity index (χ1) is 21.5. The van der Waals surface area contributed by atoms with Gasteiger partial charge in [-0.05, 0) is 92.3 Å². The van der Waals surface area contributed by atoms with E-state index < -0.39 is 36.5 Å². The van der Waals surface area contributed by atoms with Crippen molar-refractivity contribution in [3.05, 3.63) is 89.5 Å². The number of nitrogens with zero attached hydrogens (tertiary/aromatic N) is 2. The van der Waals surface area contributed by atoms with E-state index in [2.05, 4.69) is 10.2 Å². The van der Waals surface area contributed by atoms with Crippen LogP contribution in [0.15, 0.2) is 72.8 Å². The van der Waals surface area contributed by atoms with Crippen LogP contribution in [0.1, 0.15) is 58.2 Å². The number of ether oxygens (including phenoxy) is 2. The third-order valence-corrected chi connectivity index (χ3v) is 7.18. The van der Waals surface area contributed by atoms with Gasteiger partial charge in [-0.3, -0.25) is 15.6 Å². The number of fused-ring (bicyclic) bond motifs is 2. The number of rotatable bonds is 7. The van der Waals surface area contributed by atoms with E-state index in [0.29, 0.717) is 18.6 Å². The summed E-state index contributed by atoms with van der Waals surface area (Å²) in [4.78, 5) is 29.4. The molecule has 4 aromatic rings. The molecule has 0 unspecified atom stereocenters. The Kier molecular flexibility index (Phi) is 10.4. The number of nitrogens with one attached hydrogen (secondary N) is 2. The molecule has 11 heteroatoms. The molecule has 0 saturated carbocycles. The molecule has 4 rings (SSSR count). The summed E-state index contributed by atoms with van der Waals surface area (Å²) >= 11 is 0. The highest BCUT2D eigenvalue weighted by atomic mass is 16.6. The van der Waals surface area contributed by atoms with Gasteiger partial charge in [-0.25, -0.2) is 14.5 Å². The maximum Gasteiger partial charge on any atom is 0.488 e. The molecule has 242 valence electrons. The van der Waals surface area contributed by atoms with Gasteiger partial charge < -0.3 is 19.5 Å². The van der Waals surface area contributed by atoms with Gasteiger partial charge in [0.05, 0.1) is 6.54 Å². The van der Waals surface area contributed by atoms with Crippen molar-refractivity contribution in [1.82, 2.24) is 15.1 Å². The second-order valence-electron chi connectivity index (χ2n) is 13.3. The quantitative estimate of drug-likeness (QED) is 0.0921. The number of carbonyl (C=O) groups excluding carboxylic acids is 2. The highest BCUT2D eigenvalue weighted by molar-refractivity contribution is 6.59. The molecule has 0 bridgehead atoms. The second-order valence-corrected chi connectivity index (χ2v) is 13.3. The van der Waals surface area contributed by atoms with Gasteiger partial charge in [-0.15, -0.1) is 0 Å². The van der Waals surface area contributed by atoms with Crippen LogP contribution in [-0.4, -0.2) is 63.4 Å². The van der Waals surface area contributed by atoms with Crippen molar-refractivity contribution in [3.63, 3.8) is 0 Å². The van der Waals surface area contributed by atoms with E-state index in [1.807, 2.05) is 67.7 Å². The first-order valence-corrected chi connectivity index (χ1v) is 15.2. The zero-order valence-corrected chi connectivity index (χ0v) is 27.5. The molecule has 0 heterocycles. The summed E-state index contributed by atoms with van der Waals surface area (Å²) in [6, 6.07) is 23.0. The lowest BCUT2D eigenvalue weighted by Crippen LogP contribution is -2.49. The largest absolute Gasteiger partial charge is 0.488 e. The van der Waals surface area contributed by atoms with E-state index in [0.717, 1.165) is 43.1 Å². The van der Waals surface area contributed by atoms with Crippen LogP contribution in [0.25, 0.3) is 21.5 Å². The molecule has 0 aromatic heterocycles. The molecule has 0 fully saturated rings. The van der Waals surface area contributed by atoms with E-state index in [1.165, 1.54) is 0 Å². The average molecular weight is 627 g/mol. The third-order valence-electron chi connectivity index (χ3n) is 7.18. The minimum absolute atomic E-state index is 0.0531. The Labute approximate surface area is 270 Å². The van der Waals surface area contributed by atoms with Gasteiger partial charge in [-0.1, -0.05) is 72.8 Å². The van der Waals surface area contributed by atoms with Gasteiger partial charge in [-0.2, -0.15) is 0 Å². The van der Waals surface area contributed by atoms with Gasteiger partial charge in [0.25, 0.3) is 0 Å². The summed E-state index contributed by atoms with van der Waals surface area (Å²) in [5.41, 5.74) is 1.48. The Bertz CT molecular complexity index is 1690. The zero-order valence-electron chi connectivity index (χ0n) is 27.5. The molecular weight excluding hydrogens is 583 g/mol. The second kappa shape index (κ2) is 13.9. The number of hydrogen-bond acceptors (Lipinski definition) is 8. The third kappa shape index (κ3) is 8.63. The number of hydrogen-bond donors (Lipinski definition) is 4. The van der Waals surface area contributed by atoms with Crippen molar-refractivity contribution in [2.75, 3.05) is 7.05 Å². The fourth-order valence-corrected chi connectivity index (χ4v) is 5.37. The SMILES string of the molecule is CN(Cc1ccccc1B(O)O)Cc1c2ccccc2c(CN(C(=N)NC(=O)OC(C)(C)C)C(=O)OC(C)(C)C)c2ccccc12. The van der Waals surface area contributed by atoms with Gasteiger partial charge in [0.15, 0.2) is 0 Å². The molecule has 4 aromatic carbocycles. The van der Waals surface area contributed by atoms with Crippen LogP contribution in [0.3, 0.4) is 0 Å². The lowest BCUT2D eigenvalue weighted by molar-refractivity contribution is 0.0347. The monoisotopic (exact) mass is 626 g/mol. The summed E-state index contributed by atoms with van der Waals surface area (Å²) < 4.78 is 11.0. The van der Waals surface area contributed by atoms with Crippen molar-refractivity contribution < 1.29 is 29.1 Å². The average Bonchev–Trinajstić information content (AvgIpc) is 2.94. The number of benzene rings is 4. The van der Waals surface area contributed by atoms with Crippen molar-refractivity contribution >= 4 is 52.3 Å². The van der Waals surface area contributed by atoms with E-state index in [4.69, 9.17) is 14.9 Å². The Morgan fingerprint density at radius 1 is 0.739 bits per heavy atom. The number of carbonyl (C=O) groups is 2. The van der Waals surface area contributed by atoms with Gasteiger partial charge in [0.1, 0.15) is 11.2 Å². The zero-order chi connectivity index (χ0) is 33.8. The fraction of sp³-hybridized carbons (Fsp3) is 0.343. The van der Waals surface area contributed by atoms with E-state index in [1.54, 1.807) is 53.7 Å². The Morgan fingerprint density at radius 2 is 1.20 bits per heavy atom. The van der Waals surface area contributed by atoms with Crippen LogP contribution in [0.4, 0.5) is 9.59 Å². The van der Waals surface area contributed by atoms with Crippen LogP contribution in [0.5, 0.6) is 0 Å². The topological polar surface area (TPSA) is 135 Å². The summed E-state index contributed by atoms with van der Waals surface area (Å²) in [5, 5.41) is 34.6. The smallest absolute Gasteiger partial charge is 0.444 e. The van der Waals surface area contributed by atoms with Crippen LogP contribution in [-0.2, 0) is 29.1 Å². The lowest BCUT2D eigenvalue weighted by Gasteiger charge is -2.29. The minimum Gasteiger partial charge on any atom is -0.444 e. The van der Waals surface area contributed by atoms with Crippen molar-refractivity contribution in [1.29, 1.82) is 5.41 Å². The van der Waals surface area contributed by atoms with E-state index >= 15 is 0 Å².